The molecule has 0 fully saturated rings. The highest BCUT2D eigenvalue weighted by atomic mass is 16.4. The molecule has 10 rings (SSSR count). The summed E-state index contributed by atoms with van der Waals surface area (Å²) in [6.45, 7) is 0. The minimum atomic E-state index is 0.599. The molecule has 0 aliphatic carbocycles. The quantitative estimate of drug-likeness (QED) is 0.193. The molecule has 10 aromatic rings. The van der Waals surface area contributed by atoms with E-state index in [-0.39, 0.29) is 0 Å². The summed E-state index contributed by atoms with van der Waals surface area (Å²) in [5.74, 6) is 0.599. The van der Waals surface area contributed by atoms with Gasteiger partial charge in [-0.1, -0.05) is 78.9 Å². The van der Waals surface area contributed by atoms with E-state index in [4.69, 9.17) is 13.8 Å². The van der Waals surface area contributed by atoms with E-state index in [1.807, 2.05) is 42.5 Å². The lowest BCUT2D eigenvalue weighted by Crippen LogP contribution is -2.10. The molecule has 0 bridgehead atoms. The summed E-state index contributed by atoms with van der Waals surface area (Å²) in [5.41, 5.74) is 10.6. The maximum atomic E-state index is 6.54. The van der Waals surface area contributed by atoms with Crippen LogP contribution in [-0.2, 0) is 0 Å². The van der Waals surface area contributed by atoms with Gasteiger partial charge in [-0.3, -0.25) is 0 Å². The molecule has 0 spiro atoms. The van der Waals surface area contributed by atoms with E-state index in [2.05, 4.69) is 131 Å². The average Bonchev–Trinajstić information content (AvgIpc) is 3.85. The molecule has 0 aliphatic heterocycles. The monoisotopic (exact) mass is 617 g/mol. The van der Waals surface area contributed by atoms with Crippen LogP contribution in [0, 0.1) is 0 Å². The Morgan fingerprint density at radius 3 is 2.06 bits per heavy atom. The molecule has 0 saturated carbocycles. The van der Waals surface area contributed by atoms with Gasteiger partial charge < -0.3 is 18.3 Å². The number of rotatable bonds is 5. The van der Waals surface area contributed by atoms with Gasteiger partial charge in [0.05, 0.1) is 22.1 Å². The summed E-state index contributed by atoms with van der Waals surface area (Å²) in [4.78, 5) is 7.13. The van der Waals surface area contributed by atoms with Crippen LogP contribution in [0.4, 0.5) is 17.1 Å². The Morgan fingerprint density at radius 1 is 0.500 bits per heavy atom. The fourth-order valence-corrected chi connectivity index (χ4v) is 7.12. The number of aromatic nitrogens is 2. The molecule has 0 N–H and O–H groups in total. The molecular weight excluding hydrogens is 590 g/mol. The minimum Gasteiger partial charge on any atom is -0.456 e. The van der Waals surface area contributed by atoms with Gasteiger partial charge in [0.2, 0.25) is 5.89 Å². The summed E-state index contributed by atoms with van der Waals surface area (Å²) in [6.07, 6.45) is 0. The maximum absolute atomic E-state index is 6.54. The van der Waals surface area contributed by atoms with Gasteiger partial charge in [0.25, 0.3) is 0 Å². The zero-order valence-electron chi connectivity index (χ0n) is 25.7. The molecule has 3 aromatic heterocycles. The first-order valence-corrected chi connectivity index (χ1v) is 16.1. The van der Waals surface area contributed by atoms with Crippen LogP contribution in [0.5, 0.6) is 0 Å². The van der Waals surface area contributed by atoms with Crippen LogP contribution in [0.3, 0.4) is 0 Å². The smallest absolute Gasteiger partial charge is 0.227 e. The molecule has 226 valence electrons. The van der Waals surface area contributed by atoms with Crippen LogP contribution in [0.1, 0.15) is 0 Å². The largest absolute Gasteiger partial charge is 0.456 e. The van der Waals surface area contributed by atoms with Crippen LogP contribution >= 0.6 is 0 Å². The van der Waals surface area contributed by atoms with Crippen LogP contribution in [-0.4, -0.2) is 9.55 Å². The molecule has 0 atom stereocenters. The highest BCUT2D eigenvalue weighted by Gasteiger charge is 2.23. The number of hydrogen-bond acceptors (Lipinski definition) is 4. The summed E-state index contributed by atoms with van der Waals surface area (Å²) in [5, 5.41) is 4.30. The Balaban J connectivity index is 1.21. The van der Waals surface area contributed by atoms with E-state index in [0.29, 0.717) is 5.89 Å². The van der Waals surface area contributed by atoms with Crippen molar-refractivity contribution in [3.05, 3.63) is 164 Å². The minimum absolute atomic E-state index is 0.599. The maximum Gasteiger partial charge on any atom is 0.227 e. The Bertz CT molecular complexity index is 2780. The standard InChI is InChI=1S/C43H27N3O2/c1-4-13-28(14-5-1)43-44-34-25-26-38-41(42(34)48-43)33-24-23-31(27-39(33)47-38)45(29-15-6-2-7-16-29)36-21-12-22-37-40(36)32-19-10-11-20-35(32)46(37)30-17-8-3-9-18-30/h1-27H. The van der Waals surface area contributed by atoms with E-state index in [1.165, 1.54) is 10.8 Å². The van der Waals surface area contributed by atoms with Crippen molar-refractivity contribution in [2.75, 3.05) is 4.90 Å². The fourth-order valence-electron chi connectivity index (χ4n) is 7.12. The summed E-state index contributed by atoms with van der Waals surface area (Å²) >= 11 is 0. The van der Waals surface area contributed by atoms with Crippen LogP contribution in [0.25, 0.3) is 72.0 Å². The molecule has 0 saturated heterocycles. The second-order valence-electron chi connectivity index (χ2n) is 12.0. The third-order valence-corrected chi connectivity index (χ3v) is 9.20. The number of fused-ring (bicyclic) bond motifs is 8. The molecule has 0 unspecified atom stereocenters. The number of benzene rings is 7. The van der Waals surface area contributed by atoms with E-state index in [0.717, 1.165) is 72.4 Å². The van der Waals surface area contributed by atoms with Crippen LogP contribution in [0.15, 0.2) is 173 Å². The SMILES string of the molecule is c1ccc(-c2nc3ccc4oc5cc(N(c6ccccc6)c6cccc7c6c6ccccc6n7-c6ccccc6)ccc5c4c3o2)cc1. The van der Waals surface area contributed by atoms with Crippen molar-refractivity contribution < 1.29 is 8.83 Å². The molecule has 7 aromatic carbocycles. The number of hydrogen-bond donors (Lipinski definition) is 0. The van der Waals surface area contributed by atoms with Gasteiger partial charge in [-0.05, 0) is 78.9 Å². The number of oxazole rings is 1. The molecular formula is C43H27N3O2. The number of furan rings is 1. The molecule has 0 amide bonds. The van der Waals surface area contributed by atoms with Gasteiger partial charge >= 0.3 is 0 Å². The first kappa shape index (κ1) is 26.6. The Hall–Kier alpha value is -6.59. The highest BCUT2D eigenvalue weighted by molar-refractivity contribution is 6.18. The van der Waals surface area contributed by atoms with Crippen LogP contribution in [0.2, 0.25) is 0 Å². The van der Waals surface area contributed by atoms with Crippen LogP contribution < -0.4 is 4.90 Å². The average molecular weight is 618 g/mol. The number of nitrogens with zero attached hydrogens (tertiary/aromatic N) is 3. The predicted octanol–water partition coefficient (Wildman–Crippen LogP) is 12.0. The number of para-hydroxylation sites is 3. The van der Waals surface area contributed by atoms with Crippen molar-refractivity contribution in [2.24, 2.45) is 0 Å². The molecule has 3 heterocycles. The first-order valence-electron chi connectivity index (χ1n) is 16.1. The van der Waals surface area contributed by atoms with E-state index < -0.39 is 0 Å². The summed E-state index contributed by atoms with van der Waals surface area (Å²) in [7, 11) is 0. The summed E-state index contributed by atoms with van der Waals surface area (Å²) in [6, 6.07) is 56.7. The van der Waals surface area contributed by atoms with E-state index >= 15 is 0 Å². The Kier molecular flexibility index (Phi) is 5.81. The highest BCUT2D eigenvalue weighted by Crippen LogP contribution is 2.45. The lowest BCUT2D eigenvalue weighted by atomic mass is 10.1. The van der Waals surface area contributed by atoms with Crippen molar-refractivity contribution in [1.82, 2.24) is 9.55 Å². The second kappa shape index (κ2) is 10.5. The van der Waals surface area contributed by atoms with Gasteiger partial charge in [-0.25, -0.2) is 4.98 Å². The molecule has 5 nitrogen and oxygen atoms in total. The van der Waals surface area contributed by atoms with Gasteiger partial charge in [0.1, 0.15) is 16.7 Å². The van der Waals surface area contributed by atoms with Gasteiger partial charge in [0, 0.05) is 44.9 Å². The van der Waals surface area contributed by atoms with Gasteiger partial charge in [0.15, 0.2) is 5.58 Å². The molecule has 5 heteroatoms. The Morgan fingerprint density at radius 2 is 1.23 bits per heavy atom. The zero-order chi connectivity index (χ0) is 31.6. The van der Waals surface area contributed by atoms with E-state index in [1.54, 1.807) is 0 Å². The summed E-state index contributed by atoms with van der Waals surface area (Å²) < 4.78 is 15.3. The lowest BCUT2D eigenvalue weighted by molar-refractivity contribution is 0.622. The topological polar surface area (TPSA) is 47.3 Å². The lowest BCUT2D eigenvalue weighted by Gasteiger charge is -2.26. The third kappa shape index (κ3) is 4.01. The molecule has 0 aliphatic rings. The molecule has 48 heavy (non-hydrogen) atoms. The Labute approximate surface area is 275 Å². The van der Waals surface area contributed by atoms with Crippen molar-refractivity contribution in [3.8, 4) is 17.1 Å². The fraction of sp³-hybridized carbons (Fsp3) is 0. The van der Waals surface area contributed by atoms with Gasteiger partial charge in [-0.15, -0.1) is 0 Å². The normalized spacial score (nSPS) is 11.8. The van der Waals surface area contributed by atoms with Crippen molar-refractivity contribution in [3.63, 3.8) is 0 Å². The van der Waals surface area contributed by atoms with E-state index in [9.17, 15) is 0 Å². The first-order chi connectivity index (χ1) is 23.8. The zero-order valence-corrected chi connectivity index (χ0v) is 25.7. The van der Waals surface area contributed by atoms with Crippen molar-refractivity contribution in [1.29, 1.82) is 0 Å². The van der Waals surface area contributed by atoms with Crippen molar-refractivity contribution in [2.45, 2.75) is 0 Å². The third-order valence-electron chi connectivity index (χ3n) is 9.20. The second-order valence-corrected chi connectivity index (χ2v) is 12.0. The number of anilines is 3. The van der Waals surface area contributed by atoms with Crippen molar-refractivity contribution >= 4 is 71.9 Å². The predicted molar refractivity (Wildman–Crippen MR) is 196 cm³/mol. The van der Waals surface area contributed by atoms with Gasteiger partial charge in [-0.2, -0.15) is 0 Å². The molecule has 0 radical (unpaired) electrons.